The number of hydrogen-bond acceptors (Lipinski definition) is 4. The van der Waals surface area contributed by atoms with Crippen LogP contribution in [0.1, 0.15) is 18.4 Å². The van der Waals surface area contributed by atoms with Gasteiger partial charge in [0.15, 0.2) is 0 Å². The van der Waals surface area contributed by atoms with E-state index in [1.807, 2.05) is 0 Å². The van der Waals surface area contributed by atoms with Gasteiger partial charge < -0.3 is 4.74 Å². The van der Waals surface area contributed by atoms with E-state index in [0.29, 0.717) is 5.02 Å². The molecule has 0 aromatic heterocycles. The van der Waals surface area contributed by atoms with Crippen LogP contribution in [0.3, 0.4) is 0 Å². The van der Waals surface area contributed by atoms with Crippen LogP contribution in [-0.4, -0.2) is 31.8 Å². The first-order valence-electron chi connectivity index (χ1n) is 8.83. The fraction of sp³-hybridized carbons (Fsp3) is 0.316. The van der Waals surface area contributed by atoms with Crippen LogP contribution < -0.4 is 4.74 Å². The zero-order valence-electron chi connectivity index (χ0n) is 15.3. The summed E-state index contributed by atoms with van der Waals surface area (Å²) in [7, 11) is -4.37. The quantitative estimate of drug-likeness (QED) is 0.454. The van der Waals surface area contributed by atoms with Crippen molar-refractivity contribution in [2.24, 2.45) is 5.92 Å². The van der Waals surface area contributed by atoms with Crippen molar-refractivity contribution in [3.63, 3.8) is 0 Å². The summed E-state index contributed by atoms with van der Waals surface area (Å²) in [6.45, 7) is -0.203. The topological polar surface area (TPSA) is 63.7 Å². The molecule has 0 radical (unpaired) electrons. The van der Waals surface area contributed by atoms with E-state index in [1.165, 1.54) is 24.3 Å². The third kappa shape index (κ3) is 4.91. The summed E-state index contributed by atoms with van der Waals surface area (Å²) >= 11 is 11.7. The predicted octanol–water partition coefficient (Wildman–Crippen LogP) is 5.02. The Hall–Kier alpha value is -1.81. The molecule has 0 spiro atoms. The molecule has 30 heavy (non-hydrogen) atoms. The van der Waals surface area contributed by atoms with Crippen LogP contribution in [0.15, 0.2) is 47.4 Å². The Balaban J connectivity index is 1.69. The lowest BCUT2D eigenvalue weighted by molar-refractivity contribution is -0.140. The summed E-state index contributed by atoms with van der Waals surface area (Å²) in [6.07, 6.45) is -4.56. The van der Waals surface area contributed by atoms with E-state index >= 15 is 0 Å². The van der Waals surface area contributed by atoms with Gasteiger partial charge in [0.05, 0.1) is 26.4 Å². The zero-order valence-corrected chi connectivity index (χ0v) is 17.7. The van der Waals surface area contributed by atoms with Gasteiger partial charge in [-0.1, -0.05) is 35.3 Å². The van der Waals surface area contributed by atoms with E-state index in [9.17, 15) is 26.4 Å². The van der Waals surface area contributed by atoms with Gasteiger partial charge in [0.25, 0.3) is 0 Å². The van der Waals surface area contributed by atoms with E-state index in [2.05, 4.69) is 0 Å². The molecule has 11 heteroatoms. The monoisotopic (exact) mass is 481 g/mol. The Kier molecular flexibility index (Phi) is 6.66. The second-order valence-electron chi connectivity index (χ2n) is 6.67. The van der Waals surface area contributed by atoms with Crippen molar-refractivity contribution < 1.29 is 31.1 Å². The number of piperidine rings is 1. The molecule has 1 aliphatic heterocycles. The third-order valence-electron chi connectivity index (χ3n) is 4.71. The molecule has 0 N–H and O–H groups in total. The predicted molar refractivity (Wildman–Crippen MR) is 105 cm³/mol. The molecule has 0 bridgehead atoms. The number of halogens is 5. The highest BCUT2D eigenvalue weighted by Crippen LogP contribution is 2.36. The Morgan fingerprint density at radius 2 is 1.67 bits per heavy atom. The molecule has 0 unspecified atom stereocenters. The van der Waals surface area contributed by atoms with Crippen LogP contribution in [0.5, 0.6) is 5.75 Å². The number of alkyl halides is 3. The number of carbonyl (C=O) groups is 1. The van der Waals surface area contributed by atoms with Crippen molar-refractivity contribution in [3.8, 4) is 5.75 Å². The number of sulfonamides is 1. The van der Waals surface area contributed by atoms with Crippen LogP contribution in [0.2, 0.25) is 10.0 Å². The van der Waals surface area contributed by atoms with Crippen LogP contribution in [0, 0.1) is 5.92 Å². The first-order valence-corrected chi connectivity index (χ1v) is 11.0. The molecule has 0 saturated carbocycles. The van der Waals surface area contributed by atoms with Gasteiger partial charge >= 0.3 is 12.1 Å². The molecule has 1 heterocycles. The molecular weight excluding hydrogens is 466 g/mol. The summed E-state index contributed by atoms with van der Waals surface area (Å²) in [6, 6.07) is 8.36. The standard InChI is InChI=1S/C19H16Cl2F3NO4S/c20-15-6-5-13(11-16(15)21)29-18(26)12-7-9-25(10-8-12)30(27,28)17-4-2-1-3-14(17)19(22,23)24/h1-6,11-12H,7-10H2. The van der Waals surface area contributed by atoms with Gasteiger partial charge in [-0.3, -0.25) is 4.79 Å². The molecule has 2 aromatic rings. The summed E-state index contributed by atoms with van der Waals surface area (Å²) in [5.74, 6) is -0.964. The minimum Gasteiger partial charge on any atom is -0.426 e. The summed E-state index contributed by atoms with van der Waals surface area (Å²) in [4.78, 5) is 11.6. The fourth-order valence-electron chi connectivity index (χ4n) is 3.14. The molecule has 3 rings (SSSR count). The highest BCUT2D eigenvalue weighted by atomic mass is 35.5. The molecule has 0 aliphatic carbocycles. The lowest BCUT2D eigenvalue weighted by Crippen LogP contribution is -2.41. The zero-order chi connectivity index (χ0) is 22.1. The van der Waals surface area contributed by atoms with Crippen LogP contribution in [-0.2, 0) is 21.0 Å². The minimum absolute atomic E-state index is 0.102. The van der Waals surface area contributed by atoms with E-state index in [0.717, 1.165) is 22.5 Å². The lowest BCUT2D eigenvalue weighted by atomic mass is 9.98. The number of hydrogen-bond donors (Lipinski definition) is 0. The fourth-order valence-corrected chi connectivity index (χ4v) is 5.11. The number of ether oxygens (including phenoxy) is 1. The number of esters is 1. The van der Waals surface area contributed by atoms with Gasteiger partial charge in [0.2, 0.25) is 10.0 Å². The maximum atomic E-state index is 13.2. The molecule has 0 amide bonds. The van der Waals surface area contributed by atoms with Crippen LogP contribution in [0.4, 0.5) is 13.2 Å². The summed E-state index contributed by atoms with van der Waals surface area (Å²) in [5, 5.41) is 0.514. The third-order valence-corrected chi connectivity index (χ3v) is 7.40. The molecule has 1 saturated heterocycles. The van der Waals surface area contributed by atoms with Crippen molar-refractivity contribution in [2.75, 3.05) is 13.1 Å². The molecule has 2 aromatic carbocycles. The maximum Gasteiger partial charge on any atom is 0.417 e. The Morgan fingerprint density at radius 3 is 2.27 bits per heavy atom. The second kappa shape index (κ2) is 8.74. The Labute approximate surface area is 181 Å². The average molecular weight is 482 g/mol. The van der Waals surface area contributed by atoms with E-state index in [4.69, 9.17) is 27.9 Å². The van der Waals surface area contributed by atoms with Gasteiger partial charge in [-0.25, -0.2) is 8.42 Å². The molecular formula is C19H16Cl2F3NO4S. The lowest BCUT2D eigenvalue weighted by Gasteiger charge is -2.30. The second-order valence-corrected chi connectivity index (χ2v) is 9.39. The first kappa shape index (κ1) is 22.9. The number of carbonyl (C=O) groups excluding carboxylic acids is 1. The van der Waals surface area contributed by atoms with Crippen LogP contribution in [0.25, 0.3) is 0 Å². The number of benzene rings is 2. The van der Waals surface area contributed by atoms with Gasteiger partial charge in [-0.2, -0.15) is 17.5 Å². The van der Waals surface area contributed by atoms with Gasteiger partial charge in [0.1, 0.15) is 5.75 Å². The minimum atomic E-state index is -4.80. The smallest absolute Gasteiger partial charge is 0.417 e. The van der Waals surface area contributed by atoms with Crippen molar-refractivity contribution in [1.82, 2.24) is 4.31 Å². The highest BCUT2D eigenvalue weighted by molar-refractivity contribution is 7.89. The first-order chi connectivity index (χ1) is 14.0. The Bertz CT molecular complexity index is 1050. The average Bonchev–Trinajstić information content (AvgIpc) is 2.70. The Morgan fingerprint density at radius 1 is 1.03 bits per heavy atom. The van der Waals surface area contributed by atoms with Crippen molar-refractivity contribution in [3.05, 3.63) is 58.1 Å². The van der Waals surface area contributed by atoms with Gasteiger partial charge in [-0.05, 0) is 37.1 Å². The molecule has 0 atom stereocenters. The number of nitrogens with zero attached hydrogens (tertiary/aromatic N) is 1. The van der Waals surface area contributed by atoms with E-state index < -0.39 is 38.5 Å². The summed E-state index contributed by atoms with van der Waals surface area (Å²) in [5.41, 5.74) is -1.22. The van der Waals surface area contributed by atoms with Gasteiger partial charge in [0, 0.05) is 19.2 Å². The largest absolute Gasteiger partial charge is 0.426 e. The molecule has 1 fully saturated rings. The van der Waals surface area contributed by atoms with E-state index in [-0.39, 0.29) is 36.7 Å². The number of rotatable bonds is 4. The van der Waals surface area contributed by atoms with Crippen molar-refractivity contribution >= 4 is 39.2 Å². The summed E-state index contributed by atoms with van der Waals surface area (Å²) < 4.78 is 71.4. The van der Waals surface area contributed by atoms with Crippen molar-refractivity contribution in [2.45, 2.75) is 23.9 Å². The van der Waals surface area contributed by atoms with Gasteiger partial charge in [-0.15, -0.1) is 0 Å². The highest BCUT2D eigenvalue weighted by Gasteiger charge is 2.40. The SMILES string of the molecule is O=C(Oc1ccc(Cl)c(Cl)c1)C1CCN(S(=O)(=O)c2ccccc2C(F)(F)F)CC1. The van der Waals surface area contributed by atoms with E-state index in [1.54, 1.807) is 0 Å². The normalized spacial score (nSPS) is 16.4. The molecule has 162 valence electrons. The maximum absolute atomic E-state index is 13.2. The van der Waals surface area contributed by atoms with Crippen LogP contribution >= 0.6 is 23.2 Å². The van der Waals surface area contributed by atoms with Crippen molar-refractivity contribution in [1.29, 1.82) is 0 Å². The molecule has 5 nitrogen and oxygen atoms in total. The molecule has 1 aliphatic rings.